The second-order valence-electron chi connectivity index (χ2n) is 3.90. The maximum absolute atomic E-state index is 4.49. The molecule has 0 radical (unpaired) electrons. The van der Waals surface area contributed by atoms with Crippen LogP contribution in [0, 0.1) is 0 Å². The van der Waals surface area contributed by atoms with Crippen molar-refractivity contribution < 1.29 is 0 Å². The van der Waals surface area contributed by atoms with Gasteiger partial charge in [-0.25, -0.2) is 9.97 Å². The highest BCUT2D eigenvalue weighted by molar-refractivity contribution is 5.31. The molecule has 0 unspecified atom stereocenters. The normalized spacial score (nSPS) is 13.3. The van der Waals surface area contributed by atoms with Crippen molar-refractivity contribution in [1.29, 1.82) is 0 Å². The van der Waals surface area contributed by atoms with Gasteiger partial charge in [-0.05, 0) is 39.4 Å². The summed E-state index contributed by atoms with van der Waals surface area (Å²) >= 11 is 0. The van der Waals surface area contributed by atoms with Gasteiger partial charge in [-0.3, -0.25) is 0 Å². The summed E-state index contributed by atoms with van der Waals surface area (Å²) in [7, 11) is 3.75. The van der Waals surface area contributed by atoms with Crippen LogP contribution in [0.1, 0.15) is 39.3 Å². The van der Waals surface area contributed by atoms with Gasteiger partial charge in [-0.1, -0.05) is 20.8 Å². The molecule has 1 N–H and O–H groups in total. The van der Waals surface area contributed by atoms with Crippen LogP contribution in [0.25, 0.3) is 0 Å². The lowest BCUT2D eigenvalue weighted by Gasteiger charge is -2.14. The van der Waals surface area contributed by atoms with Crippen molar-refractivity contribution in [2.24, 2.45) is 0 Å². The summed E-state index contributed by atoms with van der Waals surface area (Å²) in [6.45, 7) is 8.36. The molecule has 18 heavy (non-hydrogen) atoms. The zero-order valence-corrected chi connectivity index (χ0v) is 12.5. The van der Waals surface area contributed by atoms with Crippen LogP contribution < -0.4 is 10.2 Å². The minimum Gasteiger partial charge on any atom is -0.341 e. The molecule has 1 aliphatic heterocycles. The van der Waals surface area contributed by atoms with Gasteiger partial charge in [0, 0.05) is 25.0 Å². The number of anilines is 1. The molecule has 104 valence electrons. The summed E-state index contributed by atoms with van der Waals surface area (Å²) < 4.78 is 0. The van der Waals surface area contributed by atoms with E-state index in [1.807, 2.05) is 40.2 Å². The van der Waals surface area contributed by atoms with Crippen molar-refractivity contribution in [3.63, 3.8) is 0 Å². The molecule has 0 bridgehead atoms. The summed E-state index contributed by atoms with van der Waals surface area (Å²) in [6, 6.07) is 1.99. The van der Waals surface area contributed by atoms with Crippen LogP contribution in [0.15, 0.2) is 12.3 Å². The first-order valence-electron chi connectivity index (χ1n) is 6.97. The Bertz CT molecular complexity index is 296. The molecular formula is C14H28N4. The highest BCUT2D eigenvalue weighted by Gasteiger charge is 2.14. The largest absolute Gasteiger partial charge is 0.341 e. The molecule has 0 aliphatic carbocycles. The van der Waals surface area contributed by atoms with Gasteiger partial charge in [0.25, 0.3) is 0 Å². The minimum absolute atomic E-state index is 0.914. The predicted octanol–water partition coefficient (Wildman–Crippen LogP) is 2.50. The van der Waals surface area contributed by atoms with Crippen LogP contribution >= 0.6 is 0 Å². The lowest BCUT2D eigenvalue weighted by molar-refractivity contribution is 0.874. The van der Waals surface area contributed by atoms with E-state index < -0.39 is 0 Å². The SMILES string of the molecule is CC.CCc1ccnc(N2CCCC2)n1.CNC. The summed E-state index contributed by atoms with van der Waals surface area (Å²) in [4.78, 5) is 11.0. The molecule has 4 heteroatoms. The fourth-order valence-electron chi connectivity index (χ4n) is 1.65. The number of rotatable bonds is 2. The molecule has 1 fully saturated rings. The van der Waals surface area contributed by atoms with Gasteiger partial charge in [0.15, 0.2) is 0 Å². The zero-order chi connectivity index (χ0) is 13.8. The van der Waals surface area contributed by atoms with Crippen LogP contribution in [0.5, 0.6) is 0 Å². The van der Waals surface area contributed by atoms with E-state index in [0.717, 1.165) is 31.2 Å². The standard InChI is InChI=1S/C10H15N3.C2H7N.C2H6/c1-2-9-5-6-11-10(12-9)13-7-3-4-8-13;1-3-2;1-2/h5-6H,2-4,7-8H2,1H3;3H,1-2H3;1-2H3. The van der Waals surface area contributed by atoms with E-state index in [1.165, 1.54) is 12.8 Å². The Hall–Kier alpha value is -1.16. The van der Waals surface area contributed by atoms with E-state index in [2.05, 4.69) is 27.1 Å². The second-order valence-corrected chi connectivity index (χ2v) is 3.90. The Labute approximate surface area is 112 Å². The van der Waals surface area contributed by atoms with Gasteiger partial charge in [0.05, 0.1) is 0 Å². The van der Waals surface area contributed by atoms with Gasteiger partial charge in [0.2, 0.25) is 5.95 Å². The Morgan fingerprint density at radius 1 is 1.22 bits per heavy atom. The van der Waals surface area contributed by atoms with Gasteiger partial charge >= 0.3 is 0 Å². The predicted molar refractivity (Wildman–Crippen MR) is 79.2 cm³/mol. The number of hydrogen-bond donors (Lipinski definition) is 1. The number of hydrogen-bond acceptors (Lipinski definition) is 4. The van der Waals surface area contributed by atoms with Crippen LogP contribution in [0.2, 0.25) is 0 Å². The Balaban J connectivity index is 0.000000509. The van der Waals surface area contributed by atoms with Crippen LogP contribution in [0.3, 0.4) is 0 Å². The first-order chi connectivity index (χ1) is 8.81. The van der Waals surface area contributed by atoms with Gasteiger partial charge in [0.1, 0.15) is 0 Å². The average Bonchev–Trinajstić information content (AvgIpc) is 2.96. The number of nitrogens with zero attached hydrogens (tertiary/aromatic N) is 3. The molecule has 1 aromatic rings. The van der Waals surface area contributed by atoms with Crippen LogP contribution in [-0.2, 0) is 6.42 Å². The Kier molecular flexibility index (Phi) is 10.3. The third kappa shape index (κ3) is 5.96. The van der Waals surface area contributed by atoms with E-state index in [1.54, 1.807) is 0 Å². The molecule has 1 aliphatic rings. The molecule has 1 aromatic heterocycles. The summed E-state index contributed by atoms with van der Waals surface area (Å²) in [5, 5.41) is 2.75. The van der Waals surface area contributed by atoms with Crippen molar-refractivity contribution in [2.75, 3.05) is 32.1 Å². The number of aryl methyl sites for hydroxylation is 1. The van der Waals surface area contributed by atoms with Crippen molar-refractivity contribution >= 4 is 5.95 Å². The third-order valence-electron chi connectivity index (χ3n) is 2.45. The first kappa shape index (κ1) is 16.8. The summed E-state index contributed by atoms with van der Waals surface area (Å²) in [5.41, 5.74) is 1.14. The summed E-state index contributed by atoms with van der Waals surface area (Å²) in [6.07, 6.45) is 5.41. The fraction of sp³-hybridized carbons (Fsp3) is 0.714. The molecule has 0 aromatic carbocycles. The molecule has 2 rings (SSSR count). The lowest BCUT2D eigenvalue weighted by Crippen LogP contribution is -2.20. The van der Waals surface area contributed by atoms with Gasteiger partial charge in [-0.15, -0.1) is 0 Å². The average molecular weight is 252 g/mol. The monoisotopic (exact) mass is 252 g/mol. The van der Waals surface area contributed by atoms with Crippen molar-refractivity contribution in [2.45, 2.75) is 40.0 Å². The first-order valence-corrected chi connectivity index (χ1v) is 6.97. The van der Waals surface area contributed by atoms with Crippen molar-refractivity contribution in [1.82, 2.24) is 15.3 Å². The maximum atomic E-state index is 4.49. The van der Waals surface area contributed by atoms with Crippen molar-refractivity contribution in [3.05, 3.63) is 18.0 Å². The summed E-state index contributed by atoms with van der Waals surface area (Å²) in [5.74, 6) is 0.914. The topological polar surface area (TPSA) is 41.1 Å². The van der Waals surface area contributed by atoms with E-state index in [-0.39, 0.29) is 0 Å². The van der Waals surface area contributed by atoms with Crippen LogP contribution in [0.4, 0.5) is 5.95 Å². The fourth-order valence-corrected chi connectivity index (χ4v) is 1.65. The maximum Gasteiger partial charge on any atom is 0.225 e. The third-order valence-corrected chi connectivity index (χ3v) is 2.45. The smallest absolute Gasteiger partial charge is 0.225 e. The molecular weight excluding hydrogens is 224 g/mol. The molecule has 2 heterocycles. The van der Waals surface area contributed by atoms with Crippen molar-refractivity contribution in [3.8, 4) is 0 Å². The number of nitrogens with one attached hydrogen (secondary N) is 1. The van der Waals surface area contributed by atoms with E-state index in [9.17, 15) is 0 Å². The molecule has 1 saturated heterocycles. The van der Waals surface area contributed by atoms with Gasteiger partial charge < -0.3 is 10.2 Å². The van der Waals surface area contributed by atoms with E-state index in [0.29, 0.717) is 0 Å². The molecule has 0 saturated carbocycles. The minimum atomic E-state index is 0.914. The Morgan fingerprint density at radius 2 is 1.78 bits per heavy atom. The molecule has 0 atom stereocenters. The Morgan fingerprint density at radius 3 is 2.28 bits per heavy atom. The molecule has 0 spiro atoms. The second kappa shape index (κ2) is 11.0. The molecule has 4 nitrogen and oxygen atoms in total. The highest BCUT2D eigenvalue weighted by atomic mass is 15.3. The molecule has 0 amide bonds. The van der Waals surface area contributed by atoms with E-state index >= 15 is 0 Å². The highest BCUT2D eigenvalue weighted by Crippen LogP contribution is 2.15. The lowest BCUT2D eigenvalue weighted by atomic mass is 10.3. The number of aromatic nitrogens is 2. The zero-order valence-electron chi connectivity index (χ0n) is 12.5. The van der Waals surface area contributed by atoms with Gasteiger partial charge in [-0.2, -0.15) is 0 Å². The quantitative estimate of drug-likeness (QED) is 0.878. The van der Waals surface area contributed by atoms with E-state index in [4.69, 9.17) is 0 Å². The van der Waals surface area contributed by atoms with Crippen LogP contribution in [-0.4, -0.2) is 37.2 Å².